The number of nitrogens with zero attached hydrogens (tertiary/aromatic N) is 2. The fraction of sp³-hybridized carbons (Fsp3) is 0.375. The summed E-state index contributed by atoms with van der Waals surface area (Å²) in [7, 11) is 11.7. The van der Waals surface area contributed by atoms with E-state index in [-0.39, 0.29) is 6.10 Å². The molecule has 0 bridgehead atoms. The molecule has 38 heavy (non-hydrogen) atoms. The molecule has 3 nitrogen and oxygen atoms in total. The van der Waals surface area contributed by atoms with Crippen molar-refractivity contribution in [3.8, 4) is 5.75 Å². The van der Waals surface area contributed by atoms with Crippen LogP contribution in [0.25, 0.3) is 0 Å². The van der Waals surface area contributed by atoms with E-state index in [1.165, 1.54) is 50.3 Å². The number of hydrogen-bond donors (Lipinski definition) is 0. The quantitative estimate of drug-likeness (QED) is 0.205. The van der Waals surface area contributed by atoms with Gasteiger partial charge in [0.25, 0.3) is 0 Å². The van der Waals surface area contributed by atoms with Crippen LogP contribution in [-0.4, -0.2) is 23.8 Å². The molecule has 208 valence electrons. The van der Waals surface area contributed by atoms with E-state index in [9.17, 15) is 0 Å². The zero-order valence-electron chi connectivity index (χ0n) is 24.1. The summed E-state index contributed by atoms with van der Waals surface area (Å²) in [5.41, 5.74) is 13.0. The molecule has 6 heteroatoms. The fourth-order valence-corrected chi connectivity index (χ4v) is 7.07. The van der Waals surface area contributed by atoms with Crippen molar-refractivity contribution >= 4 is 35.4 Å². The molecular formula is C32H41Cl2N2ORu-. The van der Waals surface area contributed by atoms with Crippen molar-refractivity contribution in [1.82, 2.24) is 0 Å². The number of aryl methyl sites for hydroxylation is 7. The van der Waals surface area contributed by atoms with E-state index in [0.29, 0.717) is 0 Å². The van der Waals surface area contributed by atoms with Crippen LogP contribution in [0.4, 0.5) is 11.4 Å². The Balaban J connectivity index is 0.000000232. The first-order valence-electron chi connectivity index (χ1n) is 13.0. The number of anilines is 2. The van der Waals surface area contributed by atoms with E-state index in [1.807, 2.05) is 43.6 Å². The van der Waals surface area contributed by atoms with E-state index < -0.39 is 13.5 Å². The molecule has 0 N–H and O–H groups in total. The number of halogens is 2. The van der Waals surface area contributed by atoms with Crippen LogP contribution < -0.4 is 14.5 Å². The predicted molar refractivity (Wildman–Crippen MR) is 164 cm³/mol. The van der Waals surface area contributed by atoms with Gasteiger partial charge in [0.1, 0.15) is 0 Å². The predicted octanol–water partition coefficient (Wildman–Crippen LogP) is 8.84. The molecule has 0 aromatic heterocycles. The van der Waals surface area contributed by atoms with Gasteiger partial charge in [-0.2, -0.15) is 6.67 Å². The zero-order chi connectivity index (χ0) is 28.1. The first kappa shape index (κ1) is 30.7. The van der Waals surface area contributed by atoms with Crippen LogP contribution in [0, 0.1) is 55.1 Å². The van der Waals surface area contributed by atoms with Crippen molar-refractivity contribution in [3.05, 3.63) is 93.6 Å². The van der Waals surface area contributed by atoms with Crippen LogP contribution in [0.15, 0.2) is 42.5 Å². The molecule has 1 saturated heterocycles. The maximum absolute atomic E-state index is 5.87. The molecule has 1 heterocycles. The third kappa shape index (κ3) is 8.07. The van der Waals surface area contributed by atoms with E-state index >= 15 is 0 Å². The Morgan fingerprint density at radius 3 is 1.58 bits per heavy atom. The Morgan fingerprint density at radius 2 is 1.18 bits per heavy atom. The van der Waals surface area contributed by atoms with Crippen molar-refractivity contribution in [2.45, 2.75) is 68.4 Å². The standard InChI is InChI=1S/C21H27N2.C11H14O.2ClH.Ru/c1-14-9-16(3)20(17(4)10-14)22-7-8-23(13-22)21-18(5)11-15(2)12-19(21)6;1-8(2)12-11-6-5-9(3)7-10(11)4;;;/h9-13H,7-8H2,1-6H3;4-8H,1-3H3;2*1H;/q-1;;;;+2/p-2. The van der Waals surface area contributed by atoms with Crippen LogP contribution in [0.5, 0.6) is 5.75 Å². The molecule has 0 aliphatic carbocycles. The topological polar surface area (TPSA) is 15.7 Å². The third-order valence-electron chi connectivity index (χ3n) is 6.42. The van der Waals surface area contributed by atoms with Crippen molar-refractivity contribution in [2.24, 2.45) is 0 Å². The molecule has 3 aromatic rings. The van der Waals surface area contributed by atoms with Crippen molar-refractivity contribution in [2.75, 3.05) is 22.9 Å². The minimum atomic E-state index is -1.79. The number of ether oxygens (including phenoxy) is 1. The molecule has 0 radical (unpaired) electrons. The Hall–Kier alpha value is -1.87. The molecule has 1 aliphatic heterocycles. The molecule has 1 fully saturated rings. The van der Waals surface area contributed by atoms with Crippen LogP contribution in [0.3, 0.4) is 0 Å². The van der Waals surface area contributed by atoms with Crippen molar-refractivity contribution < 1.29 is 18.3 Å². The van der Waals surface area contributed by atoms with Gasteiger partial charge in [-0.15, -0.1) is 0 Å². The minimum absolute atomic E-state index is 0.158. The number of hydrogen-bond acceptors (Lipinski definition) is 3. The Morgan fingerprint density at radius 1 is 0.737 bits per heavy atom. The zero-order valence-corrected chi connectivity index (χ0v) is 27.3. The second kappa shape index (κ2) is 13.5. The summed E-state index contributed by atoms with van der Waals surface area (Å²) in [4.78, 5) is 4.81. The second-order valence-corrected chi connectivity index (χ2v) is 16.2. The Kier molecular flexibility index (Phi) is 10.9. The molecule has 0 amide bonds. The van der Waals surface area contributed by atoms with Gasteiger partial charge >= 0.3 is 104 Å². The van der Waals surface area contributed by atoms with E-state index in [4.69, 9.17) is 24.1 Å². The molecule has 0 saturated carbocycles. The molecule has 0 atom stereocenters. The molecule has 3 aromatic carbocycles. The van der Waals surface area contributed by atoms with E-state index in [0.717, 1.165) is 24.4 Å². The number of rotatable bonds is 5. The molecule has 1 aliphatic rings. The summed E-state index contributed by atoms with van der Waals surface area (Å²) in [6, 6.07) is 15.1. The van der Waals surface area contributed by atoms with E-state index in [1.54, 1.807) is 0 Å². The van der Waals surface area contributed by atoms with Gasteiger partial charge in [0, 0.05) is 24.5 Å². The van der Waals surface area contributed by atoms with Crippen LogP contribution >= 0.6 is 19.4 Å². The van der Waals surface area contributed by atoms with Gasteiger partial charge in [0.05, 0.1) is 0 Å². The average Bonchev–Trinajstić information content (AvgIpc) is 3.23. The van der Waals surface area contributed by atoms with Crippen molar-refractivity contribution in [1.29, 1.82) is 0 Å². The van der Waals surface area contributed by atoms with Gasteiger partial charge in [-0.25, -0.2) is 0 Å². The van der Waals surface area contributed by atoms with Gasteiger partial charge in [-0.05, 0) is 63.8 Å². The maximum atomic E-state index is 5.87. The summed E-state index contributed by atoms with van der Waals surface area (Å²) in [6.07, 6.45) is 0.158. The SMILES string of the molecule is Cc1cc(C)c(N2[CH-]N(c3c(C)cc(C)cc3C)CC2)c(C)c1.Cc1ccc(OC(C)C)c([CH]=[Ru]([Cl])[Cl])c1. The van der Waals surface area contributed by atoms with Crippen molar-refractivity contribution in [3.63, 3.8) is 0 Å². The van der Waals surface area contributed by atoms with Gasteiger partial charge in [-0.1, -0.05) is 35.4 Å². The van der Waals surface area contributed by atoms with Gasteiger partial charge in [0.15, 0.2) is 0 Å². The van der Waals surface area contributed by atoms with E-state index in [2.05, 4.69) is 82.3 Å². The average molecular weight is 642 g/mol. The first-order valence-corrected chi connectivity index (χ1v) is 18.5. The Labute approximate surface area is 243 Å². The monoisotopic (exact) mass is 641 g/mol. The normalized spacial score (nSPS) is 13.4. The second-order valence-electron chi connectivity index (χ2n) is 10.5. The van der Waals surface area contributed by atoms with Crippen LogP contribution in [0.1, 0.15) is 58.4 Å². The molecule has 4 rings (SSSR count). The first-order chi connectivity index (χ1) is 17.8. The molecular weight excluding hydrogens is 600 g/mol. The summed E-state index contributed by atoms with van der Waals surface area (Å²) in [5, 5.41) is 0. The molecule has 0 spiro atoms. The molecule has 0 unspecified atom stereocenters. The van der Waals surface area contributed by atoms with Crippen LogP contribution in [0.2, 0.25) is 0 Å². The van der Waals surface area contributed by atoms with Gasteiger partial charge in [-0.3, -0.25) is 0 Å². The third-order valence-corrected chi connectivity index (χ3v) is 8.25. The van der Waals surface area contributed by atoms with Crippen LogP contribution in [-0.2, 0) is 13.5 Å². The fourth-order valence-electron chi connectivity index (χ4n) is 5.28. The van der Waals surface area contributed by atoms with Gasteiger partial charge < -0.3 is 9.80 Å². The summed E-state index contributed by atoms with van der Waals surface area (Å²) >= 11 is -1.79. The summed E-state index contributed by atoms with van der Waals surface area (Å²) in [5.74, 6) is 0.857. The summed E-state index contributed by atoms with van der Waals surface area (Å²) in [6.45, 7) is 23.6. The Bertz CT molecular complexity index is 1210. The summed E-state index contributed by atoms with van der Waals surface area (Å²) < 4.78 is 7.59. The number of benzene rings is 3. The van der Waals surface area contributed by atoms with Gasteiger partial charge in [0.2, 0.25) is 0 Å².